The second kappa shape index (κ2) is 7.15. The summed E-state index contributed by atoms with van der Waals surface area (Å²) >= 11 is 0. The first-order valence-corrected chi connectivity index (χ1v) is 9.22. The Hall–Kier alpha value is -3.08. The van der Waals surface area contributed by atoms with Gasteiger partial charge in [-0.3, -0.25) is 9.69 Å². The monoisotopic (exact) mass is 385 g/mol. The summed E-state index contributed by atoms with van der Waals surface area (Å²) in [6, 6.07) is 2.98. The predicted molar refractivity (Wildman–Crippen MR) is 98.7 cm³/mol. The van der Waals surface area contributed by atoms with Gasteiger partial charge in [-0.2, -0.15) is 11.5 Å². The van der Waals surface area contributed by atoms with Crippen molar-refractivity contribution in [2.45, 2.75) is 37.8 Å². The molecule has 0 aromatic heterocycles. The van der Waals surface area contributed by atoms with Gasteiger partial charge in [-0.25, -0.2) is 9.18 Å². The van der Waals surface area contributed by atoms with Crippen molar-refractivity contribution >= 4 is 23.3 Å². The number of hydrogen-bond donors (Lipinski definition) is 0. The molecule has 3 heterocycles. The number of amides is 1. The van der Waals surface area contributed by atoms with E-state index in [9.17, 15) is 14.0 Å². The van der Waals surface area contributed by atoms with Crippen molar-refractivity contribution in [3.8, 4) is 0 Å². The summed E-state index contributed by atoms with van der Waals surface area (Å²) in [6.07, 6.45) is 2.66. The Morgan fingerprint density at radius 3 is 2.96 bits per heavy atom. The van der Waals surface area contributed by atoms with Gasteiger partial charge in [0.05, 0.1) is 25.4 Å². The number of benzene rings is 1. The fourth-order valence-electron chi connectivity index (χ4n) is 4.14. The minimum Gasteiger partial charge on any atom is -0.469 e. The maximum atomic E-state index is 14.8. The van der Waals surface area contributed by atoms with E-state index >= 15 is 0 Å². The number of hydrogen-bond acceptors (Lipinski definition) is 5. The minimum atomic E-state index is -0.504. The summed E-state index contributed by atoms with van der Waals surface area (Å²) in [5.41, 5.74) is 2.85. The van der Waals surface area contributed by atoms with Crippen LogP contribution in [0.1, 0.15) is 30.4 Å². The van der Waals surface area contributed by atoms with E-state index in [-0.39, 0.29) is 24.2 Å². The summed E-state index contributed by atoms with van der Waals surface area (Å²) in [5, 5.41) is 1.60. The van der Waals surface area contributed by atoms with Gasteiger partial charge in [-0.1, -0.05) is 6.08 Å². The lowest BCUT2D eigenvalue weighted by Gasteiger charge is -2.19. The van der Waals surface area contributed by atoms with Crippen molar-refractivity contribution in [2.24, 2.45) is 0 Å². The molecule has 1 aromatic carbocycles. The van der Waals surface area contributed by atoms with Crippen molar-refractivity contribution in [1.29, 1.82) is 0 Å². The molecule has 28 heavy (non-hydrogen) atoms. The summed E-state index contributed by atoms with van der Waals surface area (Å²) in [6.45, 7) is 8.11. The Kier molecular flexibility index (Phi) is 4.67. The number of anilines is 1. The van der Waals surface area contributed by atoms with Crippen LogP contribution >= 0.6 is 0 Å². The molecule has 146 valence electrons. The van der Waals surface area contributed by atoms with Gasteiger partial charge in [0.2, 0.25) is 0 Å². The third-order valence-electron chi connectivity index (χ3n) is 5.60. The van der Waals surface area contributed by atoms with E-state index in [1.54, 1.807) is 5.01 Å². The number of rotatable bonds is 4. The Morgan fingerprint density at radius 1 is 1.46 bits per heavy atom. The second-order valence-electron chi connectivity index (χ2n) is 7.13. The van der Waals surface area contributed by atoms with Crippen LogP contribution in [-0.2, 0) is 20.7 Å². The lowest BCUT2D eigenvalue weighted by atomic mass is 9.95. The van der Waals surface area contributed by atoms with E-state index < -0.39 is 12.2 Å². The first kappa shape index (κ1) is 18.3. The zero-order valence-corrected chi connectivity index (χ0v) is 15.5. The van der Waals surface area contributed by atoms with Crippen molar-refractivity contribution in [3.63, 3.8) is 0 Å². The predicted octanol–water partition coefficient (Wildman–Crippen LogP) is 2.95. The molecule has 0 radical (unpaired) electrons. The van der Waals surface area contributed by atoms with E-state index in [1.165, 1.54) is 18.1 Å². The molecule has 7 nitrogen and oxygen atoms in total. The smallest absolute Gasteiger partial charge is 0.415 e. The molecule has 3 aliphatic rings. The van der Waals surface area contributed by atoms with E-state index in [0.717, 1.165) is 11.1 Å². The minimum absolute atomic E-state index is 0.166. The number of halogens is 1. The summed E-state index contributed by atoms with van der Waals surface area (Å²) in [4.78, 5) is 28.6. The number of cyclic esters (lactones) is 1. The molecule has 0 N–H and O–H groups in total. The largest absolute Gasteiger partial charge is 0.469 e. The molecule has 0 unspecified atom stereocenters. The first-order chi connectivity index (χ1) is 13.5. The number of fused-ring (bicyclic) bond motifs is 3. The molecule has 1 fully saturated rings. The Labute approximate surface area is 162 Å². The highest BCUT2D eigenvalue weighted by Gasteiger charge is 2.47. The van der Waals surface area contributed by atoms with E-state index in [0.29, 0.717) is 43.6 Å². The van der Waals surface area contributed by atoms with Gasteiger partial charge in [-0.05, 0) is 42.5 Å². The maximum Gasteiger partial charge on any atom is 0.415 e. The quantitative estimate of drug-likeness (QED) is 0.589. The molecular formula is C20H20FN3O4. The topological polar surface area (TPSA) is 63.4 Å². The van der Waals surface area contributed by atoms with Crippen LogP contribution in [0.15, 0.2) is 18.2 Å². The van der Waals surface area contributed by atoms with Crippen LogP contribution in [0.4, 0.5) is 14.9 Å². The first-order valence-electron chi connectivity index (χ1n) is 9.22. The Bertz CT molecular complexity index is 907. The summed E-state index contributed by atoms with van der Waals surface area (Å²) < 4.78 is 24.9. The van der Waals surface area contributed by atoms with Crippen molar-refractivity contribution in [2.75, 3.05) is 25.1 Å². The van der Waals surface area contributed by atoms with Gasteiger partial charge >= 0.3 is 12.1 Å². The number of ether oxygens (including phenoxy) is 2. The van der Waals surface area contributed by atoms with Crippen LogP contribution in [0, 0.1) is 12.4 Å². The lowest BCUT2D eigenvalue weighted by molar-refractivity contribution is -0.141. The van der Waals surface area contributed by atoms with E-state index in [4.69, 9.17) is 11.3 Å². The standard InChI is InChI=1S/C20H20FN3O4/c1-22-23-7-5-12(6-8-23)14-9-13-10-17-18(3-4-19(25)27-2)28-20(26)24(17)16(13)11-15(14)21/h5,9,11,17-18H,3-4,6-8,10H2,2H3/t17-,18-/m0/s1. The molecule has 3 aliphatic heterocycles. The molecule has 4 rings (SSSR count). The van der Waals surface area contributed by atoms with Crippen LogP contribution in [-0.4, -0.2) is 49.4 Å². The fourth-order valence-corrected chi connectivity index (χ4v) is 4.14. The molecule has 0 spiro atoms. The molecule has 1 aromatic rings. The SMILES string of the molecule is [C-]#[N+]N1CC=C(c2cc3c(cc2F)N2C(=O)O[C@@H](CCC(=O)OC)[C@@H]2C3)CC1. The fraction of sp³-hybridized carbons (Fsp3) is 0.450. The summed E-state index contributed by atoms with van der Waals surface area (Å²) in [7, 11) is 1.32. The third kappa shape index (κ3) is 3.07. The van der Waals surface area contributed by atoms with Crippen LogP contribution in [0.5, 0.6) is 0 Å². The second-order valence-corrected chi connectivity index (χ2v) is 7.13. The van der Waals surface area contributed by atoms with Gasteiger partial charge in [0.15, 0.2) is 0 Å². The molecule has 0 saturated carbocycles. The molecule has 8 heteroatoms. The molecular weight excluding hydrogens is 365 g/mol. The summed E-state index contributed by atoms with van der Waals surface area (Å²) in [5.74, 6) is -0.733. The van der Waals surface area contributed by atoms with Gasteiger partial charge in [0.1, 0.15) is 18.5 Å². The lowest BCUT2D eigenvalue weighted by Crippen LogP contribution is -2.33. The average molecular weight is 385 g/mol. The highest BCUT2D eigenvalue weighted by atomic mass is 19.1. The molecule has 1 saturated heterocycles. The number of carbonyl (C=O) groups excluding carboxylic acids is 2. The Morgan fingerprint density at radius 2 is 2.29 bits per heavy atom. The van der Waals surface area contributed by atoms with E-state index in [1.807, 2.05) is 12.1 Å². The zero-order valence-electron chi connectivity index (χ0n) is 15.5. The van der Waals surface area contributed by atoms with Gasteiger partial charge < -0.3 is 9.47 Å². The van der Waals surface area contributed by atoms with Gasteiger partial charge in [-0.15, -0.1) is 5.01 Å². The molecule has 0 aliphatic carbocycles. The Balaban J connectivity index is 1.57. The van der Waals surface area contributed by atoms with Crippen LogP contribution < -0.4 is 4.90 Å². The number of carbonyl (C=O) groups is 2. The number of methoxy groups -OCH3 is 1. The number of esters is 1. The zero-order chi connectivity index (χ0) is 19.8. The van der Waals surface area contributed by atoms with Crippen molar-refractivity contribution in [3.05, 3.63) is 46.7 Å². The highest BCUT2D eigenvalue weighted by Crippen LogP contribution is 2.42. The van der Waals surface area contributed by atoms with Gasteiger partial charge in [0.25, 0.3) is 0 Å². The molecule has 0 bridgehead atoms. The third-order valence-corrected chi connectivity index (χ3v) is 5.60. The van der Waals surface area contributed by atoms with Crippen LogP contribution in [0.25, 0.3) is 10.5 Å². The maximum absolute atomic E-state index is 14.8. The van der Waals surface area contributed by atoms with Crippen LogP contribution in [0.2, 0.25) is 0 Å². The molecule has 1 amide bonds. The van der Waals surface area contributed by atoms with Crippen molar-refractivity contribution in [1.82, 2.24) is 5.01 Å². The molecule has 2 atom stereocenters. The van der Waals surface area contributed by atoms with E-state index in [2.05, 4.69) is 9.69 Å². The average Bonchev–Trinajstić information content (AvgIpc) is 3.22. The normalized spacial score (nSPS) is 22.9. The van der Waals surface area contributed by atoms with Crippen LogP contribution in [0.3, 0.4) is 0 Å². The number of nitrogens with zero attached hydrogens (tertiary/aromatic N) is 3. The van der Waals surface area contributed by atoms with Crippen molar-refractivity contribution < 1.29 is 23.5 Å². The highest BCUT2D eigenvalue weighted by molar-refractivity contribution is 5.94. The van der Waals surface area contributed by atoms with Gasteiger partial charge in [0, 0.05) is 12.0 Å².